The molecule has 1 heterocycles. The minimum atomic E-state index is -0.287. The van der Waals surface area contributed by atoms with Crippen molar-refractivity contribution in [2.75, 3.05) is 20.6 Å². The summed E-state index contributed by atoms with van der Waals surface area (Å²) in [5.41, 5.74) is 0.950. The van der Waals surface area contributed by atoms with Crippen molar-refractivity contribution >= 4 is 11.9 Å². The number of hydrogen-bond donors (Lipinski definition) is 2. The second-order valence-electron chi connectivity index (χ2n) is 5.26. The van der Waals surface area contributed by atoms with Gasteiger partial charge in [0.1, 0.15) is 0 Å². The Morgan fingerprint density at radius 1 is 1.35 bits per heavy atom. The summed E-state index contributed by atoms with van der Waals surface area (Å²) in [5, 5.41) is 5.27. The summed E-state index contributed by atoms with van der Waals surface area (Å²) in [4.78, 5) is 28.4. The van der Waals surface area contributed by atoms with E-state index in [1.54, 1.807) is 26.6 Å². The summed E-state index contributed by atoms with van der Waals surface area (Å²) in [6.07, 6.45) is 3.50. The van der Waals surface area contributed by atoms with Gasteiger partial charge in [0, 0.05) is 26.8 Å². The van der Waals surface area contributed by atoms with E-state index in [2.05, 4.69) is 29.5 Å². The van der Waals surface area contributed by atoms with Crippen molar-refractivity contribution in [3.05, 3.63) is 18.2 Å². The fraction of sp³-hybridized carbons (Fsp3) is 0.615. The third-order valence-electron chi connectivity index (χ3n) is 2.63. The Kier molecular flexibility index (Phi) is 6.02. The van der Waals surface area contributed by atoms with Gasteiger partial charge in [-0.2, -0.15) is 0 Å². The molecule has 0 unspecified atom stereocenters. The number of amides is 3. The van der Waals surface area contributed by atoms with Gasteiger partial charge in [-0.15, -0.1) is 0 Å². The van der Waals surface area contributed by atoms with Crippen LogP contribution in [0.1, 0.15) is 19.5 Å². The third-order valence-corrected chi connectivity index (χ3v) is 2.63. The number of carbonyl (C=O) groups is 2. The average molecular weight is 281 g/mol. The van der Waals surface area contributed by atoms with Crippen molar-refractivity contribution in [1.82, 2.24) is 25.1 Å². The van der Waals surface area contributed by atoms with E-state index in [1.165, 1.54) is 4.90 Å². The number of nitrogens with zero attached hydrogens (tertiary/aromatic N) is 3. The Hall–Kier alpha value is -2.05. The lowest BCUT2D eigenvalue weighted by Gasteiger charge is -2.13. The van der Waals surface area contributed by atoms with Gasteiger partial charge in [0.05, 0.1) is 25.1 Å². The molecule has 0 fully saturated rings. The highest BCUT2D eigenvalue weighted by Crippen LogP contribution is 2.04. The minimum absolute atomic E-state index is 0.0324. The van der Waals surface area contributed by atoms with Crippen LogP contribution in [0.2, 0.25) is 0 Å². The summed E-state index contributed by atoms with van der Waals surface area (Å²) < 4.78 is 2.02. The molecule has 3 amide bonds. The van der Waals surface area contributed by atoms with E-state index in [-0.39, 0.29) is 18.5 Å². The minimum Gasteiger partial charge on any atom is -0.349 e. The first kappa shape index (κ1) is 16.0. The number of hydrogen-bond acceptors (Lipinski definition) is 3. The summed E-state index contributed by atoms with van der Waals surface area (Å²) in [6.45, 7) is 5.49. The Labute approximate surface area is 119 Å². The van der Waals surface area contributed by atoms with Crippen LogP contribution in [0.4, 0.5) is 4.79 Å². The first-order valence-corrected chi connectivity index (χ1v) is 6.61. The third kappa shape index (κ3) is 5.29. The molecular weight excluding hydrogens is 258 g/mol. The maximum absolute atomic E-state index is 11.6. The molecule has 0 aromatic carbocycles. The van der Waals surface area contributed by atoms with Crippen molar-refractivity contribution in [2.45, 2.75) is 26.9 Å². The first-order chi connectivity index (χ1) is 9.40. The lowest BCUT2D eigenvalue weighted by atomic mass is 10.2. The van der Waals surface area contributed by atoms with Gasteiger partial charge in [-0.05, 0) is 5.92 Å². The van der Waals surface area contributed by atoms with Crippen molar-refractivity contribution < 1.29 is 9.59 Å². The molecule has 0 saturated heterocycles. The van der Waals surface area contributed by atoms with E-state index in [4.69, 9.17) is 0 Å². The number of aromatic nitrogens is 2. The van der Waals surface area contributed by atoms with Crippen LogP contribution < -0.4 is 10.6 Å². The molecule has 0 bridgehead atoms. The number of urea groups is 1. The predicted molar refractivity (Wildman–Crippen MR) is 76.0 cm³/mol. The highest BCUT2D eigenvalue weighted by atomic mass is 16.2. The molecule has 1 rings (SSSR count). The van der Waals surface area contributed by atoms with Crippen LogP contribution in [0.5, 0.6) is 0 Å². The lowest BCUT2D eigenvalue weighted by molar-refractivity contribution is -0.120. The van der Waals surface area contributed by atoms with E-state index in [0.717, 1.165) is 12.2 Å². The van der Waals surface area contributed by atoms with Gasteiger partial charge >= 0.3 is 6.03 Å². The fourth-order valence-electron chi connectivity index (χ4n) is 1.62. The maximum Gasteiger partial charge on any atom is 0.317 e. The molecule has 112 valence electrons. The predicted octanol–water partition coefficient (Wildman–Crippen LogP) is 0.427. The lowest BCUT2D eigenvalue weighted by Crippen LogP contribution is -2.41. The van der Waals surface area contributed by atoms with Crippen LogP contribution in [0.3, 0.4) is 0 Å². The molecule has 0 aliphatic carbocycles. The number of nitrogens with one attached hydrogen (secondary N) is 2. The molecule has 7 heteroatoms. The van der Waals surface area contributed by atoms with Crippen LogP contribution in [-0.4, -0.2) is 47.0 Å². The Morgan fingerprint density at radius 3 is 2.65 bits per heavy atom. The largest absolute Gasteiger partial charge is 0.349 e. The van der Waals surface area contributed by atoms with E-state index in [0.29, 0.717) is 12.5 Å². The highest BCUT2D eigenvalue weighted by Gasteiger charge is 2.08. The summed E-state index contributed by atoms with van der Waals surface area (Å²) >= 11 is 0. The number of rotatable bonds is 6. The molecule has 2 N–H and O–H groups in total. The molecule has 0 aliphatic rings. The van der Waals surface area contributed by atoms with Crippen LogP contribution in [-0.2, 0) is 17.9 Å². The Balaban J connectivity index is 2.38. The van der Waals surface area contributed by atoms with Crippen LogP contribution >= 0.6 is 0 Å². The number of imidazole rings is 1. The topological polar surface area (TPSA) is 79.3 Å². The smallest absolute Gasteiger partial charge is 0.317 e. The quantitative estimate of drug-likeness (QED) is 0.793. The maximum atomic E-state index is 11.6. The van der Waals surface area contributed by atoms with Gasteiger partial charge in [-0.3, -0.25) is 4.79 Å². The molecule has 0 saturated carbocycles. The van der Waals surface area contributed by atoms with Crippen molar-refractivity contribution in [1.29, 1.82) is 0 Å². The molecule has 7 nitrogen and oxygen atoms in total. The van der Waals surface area contributed by atoms with E-state index < -0.39 is 0 Å². The second-order valence-corrected chi connectivity index (χ2v) is 5.26. The number of carbonyl (C=O) groups excluding carboxylic acids is 2. The molecule has 0 spiro atoms. The summed E-state index contributed by atoms with van der Waals surface area (Å²) in [5.74, 6) is 0.288. The molecular formula is C13H23N5O2. The van der Waals surface area contributed by atoms with E-state index in [1.807, 2.05) is 4.57 Å². The van der Waals surface area contributed by atoms with Crippen LogP contribution in [0.25, 0.3) is 0 Å². The monoisotopic (exact) mass is 281 g/mol. The fourth-order valence-corrected chi connectivity index (χ4v) is 1.62. The van der Waals surface area contributed by atoms with E-state index >= 15 is 0 Å². The van der Waals surface area contributed by atoms with Gasteiger partial charge in [0.25, 0.3) is 0 Å². The summed E-state index contributed by atoms with van der Waals surface area (Å²) in [6, 6.07) is -0.287. The Morgan fingerprint density at radius 2 is 2.05 bits per heavy atom. The molecule has 0 radical (unpaired) electrons. The second kappa shape index (κ2) is 7.52. The Bertz CT molecular complexity index is 453. The SMILES string of the molecule is CC(C)Cn1cncc1CNC(=O)CNC(=O)N(C)C. The van der Waals surface area contributed by atoms with Crippen LogP contribution in [0, 0.1) is 5.92 Å². The molecule has 0 atom stereocenters. The normalized spacial score (nSPS) is 10.4. The molecule has 0 aliphatic heterocycles. The highest BCUT2D eigenvalue weighted by molar-refractivity contribution is 5.83. The zero-order valence-electron chi connectivity index (χ0n) is 12.5. The van der Waals surface area contributed by atoms with Gasteiger partial charge in [-0.1, -0.05) is 13.8 Å². The standard InChI is InChI=1S/C13H23N5O2/c1-10(2)8-18-9-14-5-11(18)6-15-12(19)7-16-13(20)17(3)4/h5,9-10H,6-8H2,1-4H3,(H,15,19)(H,16,20). The van der Waals surface area contributed by atoms with Crippen LogP contribution in [0.15, 0.2) is 12.5 Å². The average Bonchev–Trinajstić information content (AvgIpc) is 2.79. The summed E-state index contributed by atoms with van der Waals surface area (Å²) in [7, 11) is 3.25. The van der Waals surface area contributed by atoms with Crippen molar-refractivity contribution in [3.8, 4) is 0 Å². The van der Waals surface area contributed by atoms with Crippen molar-refractivity contribution in [2.24, 2.45) is 5.92 Å². The zero-order valence-corrected chi connectivity index (χ0v) is 12.5. The van der Waals surface area contributed by atoms with Crippen molar-refractivity contribution in [3.63, 3.8) is 0 Å². The first-order valence-electron chi connectivity index (χ1n) is 6.61. The molecule has 1 aromatic heterocycles. The van der Waals surface area contributed by atoms with Gasteiger partial charge < -0.3 is 20.1 Å². The molecule has 1 aromatic rings. The zero-order chi connectivity index (χ0) is 15.1. The van der Waals surface area contributed by atoms with Gasteiger partial charge in [-0.25, -0.2) is 9.78 Å². The molecule has 20 heavy (non-hydrogen) atoms. The van der Waals surface area contributed by atoms with E-state index in [9.17, 15) is 9.59 Å². The van der Waals surface area contributed by atoms with Gasteiger partial charge in [0.15, 0.2) is 0 Å². The van der Waals surface area contributed by atoms with Gasteiger partial charge in [0.2, 0.25) is 5.91 Å².